The molecule has 2 amide bonds. The molecule has 3 aromatic rings. The lowest BCUT2D eigenvalue weighted by atomic mass is 10.2. The molecule has 0 unspecified atom stereocenters. The van der Waals surface area contributed by atoms with Gasteiger partial charge in [-0.1, -0.05) is 18.2 Å². The molecule has 8 heteroatoms. The van der Waals surface area contributed by atoms with Crippen LogP contribution in [0.2, 0.25) is 0 Å². The summed E-state index contributed by atoms with van der Waals surface area (Å²) in [4.78, 5) is 16.0. The monoisotopic (exact) mass is 313 g/mol. The smallest absolute Gasteiger partial charge is 0.320 e. The summed E-state index contributed by atoms with van der Waals surface area (Å²) in [5.74, 6) is 0.929. The van der Waals surface area contributed by atoms with Gasteiger partial charge in [0.1, 0.15) is 11.6 Å². The number of aromatic nitrogens is 3. The molecule has 23 heavy (non-hydrogen) atoms. The number of benzene rings is 1. The number of nitrogens with one attached hydrogen (secondary N) is 3. The van der Waals surface area contributed by atoms with Gasteiger partial charge in [0.15, 0.2) is 0 Å². The number of ether oxygens (including phenoxy) is 1. The molecule has 0 aliphatic rings. The van der Waals surface area contributed by atoms with Crippen molar-refractivity contribution >= 4 is 22.8 Å². The Balaban J connectivity index is 1.64. The number of anilines is 1. The topological polar surface area (TPSA) is 112 Å². The minimum absolute atomic E-state index is 0.125. The van der Waals surface area contributed by atoms with Crippen LogP contribution in [0.25, 0.3) is 10.9 Å². The maximum absolute atomic E-state index is 11.9. The van der Waals surface area contributed by atoms with Gasteiger partial charge in [-0.15, -0.1) is 5.10 Å². The number of para-hydroxylation sites is 1. The first kappa shape index (κ1) is 14.6. The Bertz CT molecular complexity index is 846. The number of aromatic amines is 1. The van der Waals surface area contributed by atoms with Gasteiger partial charge in [0.25, 0.3) is 0 Å². The van der Waals surface area contributed by atoms with Crippen LogP contribution in [0.5, 0.6) is 11.6 Å². The van der Waals surface area contributed by atoms with Crippen LogP contribution >= 0.6 is 0 Å². The molecule has 0 radical (unpaired) electrons. The maximum Gasteiger partial charge on any atom is 0.320 e. The number of H-pyrrole nitrogens is 1. The van der Waals surface area contributed by atoms with Crippen molar-refractivity contribution in [2.24, 2.45) is 0 Å². The summed E-state index contributed by atoms with van der Waals surface area (Å²) in [6.45, 7) is 0.322. The molecule has 1 aromatic carbocycles. The first-order valence-electron chi connectivity index (χ1n) is 6.87. The van der Waals surface area contributed by atoms with Gasteiger partial charge in [-0.25, -0.2) is 9.78 Å². The Morgan fingerprint density at radius 2 is 2.22 bits per heavy atom. The number of rotatable bonds is 4. The number of hydrogen-bond donors (Lipinski definition) is 4. The van der Waals surface area contributed by atoms with Crippen LogP contribution in [0.3, 0.4) is 0 Å². The number of aromatic hydroxyl groups is 1. The van der Waals surface area contributed by atoms with E-state index in [0.29, 0.717) is 29.0 Å². The highest BCUT2D eigenvalue weighted by molar-refractivity contribution is 5.91. The molecule has 118 valence electrons. The van der Waals surface area contributed by atoms with E-state index in [1.165, 1.54) is 6.20 Å². The van der Waals surface area contributed by atoms with Gasteiger partial charge < -0.3 is 15.2 Å². The molecule has 2 aromatic heterocycles. The highest BCUT2D eigenvalue weighted by Crippen LogP contribution is 2.22. The zero-order chi connectivity index (χ0) is 16.2. The summed E-state index contributed by atoms with van der Waals surface area (Å²) in [5, 5.41) is 21.6. The second-order valence-corrected chi connectivity index (χ2v) is 4.78. The van der Waals surface area contributed by atoms with E-state index in [0.717, 1.165) is 5.56 Å². The number of carbonyl (C=O) groups excluding carboxylic acids is 1. The van der Waals surface area contributed by atoms with Crippen molar-refractivity contribution in [3.8, 4) is 11.6 Å². The highest BCUT2D eigenvalue weighted by atomic mass is 16.5. The summed E-state index contributed by atoms with van der Waals surface area (Å²) in [6.07, 6.45) is 1.43. The van der Waals surface area contributed by atoms with E-state index in [-0.39, 0.29) is 5.88 Å². The number of nitrogens with zero attached hydrogens (tertiary/aromatic N) is 2. The van der Waals surface area contributed by atoms with Gasteiger partial charge in [0, 0.05) is 24.4 Å². The molecule has 0 atom stereocenters. The summed E-state index contributed by atoms with van der Waals surface area (Å²) in [5.41, 5.74) is 1.45. The van der Waals surface area contributed by atoms with E-state index in [1.54, 1.807) is 13.2 Å². The molecule has 0 aliphatic heterocycles. The number of urea groups is 1. The van der Waals surface area contributed by atoms with Gasteiger partial charge in [0.2, 0.25) is 5.88 Å². The van der Waals surface area contributed by atoms with Crippen LogP contribution in [-0.4, -0.2) is 33.4 Å². The van der Waals surface area contributed by atoms with Crippen molar-refractivity contribution in [3.05, 3.63) is 42.1 Å². The van der Waals surface area contributed by atoms with Gasteiger partial charge in [0.05, 0.1) is 18.0 Å². The van der Waals surface area contributed by atoms with Crippen molar-refractivity contribution in [2.45, 2.75) is 6.54 Å². The lowest BCUT2D eigenvalue weighted by Gasteiger charge is -2.10. The standard InChI is InChI=1S/C15H15N5O3/c1-23-12-5-3-2-4-9(12)7-17-15(22)18-13-6-11-10(8-16-13)14(21)20-19-11/h2-6,8H,7H2,1H3,(H2,19,20,21)(H2,16,17,18,22). The van der Waals surface area contributed by atoms with Crippen LogP contribution in [-0.2, 0) is 6.54 Å². The second-order valence-electron chi connectivity index (χ2n) is 4.78. The summed E-state index contributed by atoms with van der Waals surface area (Å²) >= 11 is 0. The van der Waals surface area contributed by atoms with Gasteiger partial charge >= 0.3 is 6.03 Å². The molecule has 3 rings (SSSR count). The number of hydrogen-bond acceptors (Lipinski definition) is 5. The van der Waals surface area contributed by atoms with E-state index in [9.17, 15) is 9.90 Å². The van der Waals surface area contributed by atoms with Gasteiger partial charge in [-0.3, -0.25) is 10.4 Å². The van der Waals surface area contributed by atoms with Crippen molar-refractivity contribution < 1.29 is 14.6 Å². The number of fused-ring (bicyclic) bond motifs is 1. The van der Waals surface area contributed by atoms with E-state index < -0.39 is 6.03 Å². The fourth-order valence-corrected chi connectivity index (χ4v) is 2.15. The zero-order valence-electron chi connectivity index (χ0n) is 12.3. The average Bonchev–Trinajstić information content (AvgIpc) is 2.94. The fourth-order valence-electron chi connectivity index (χ4n) is 2.15. The first-order valence-corrected chi connectivity index (χ1v) is 6.87. The SMILES string of the molecule is COc1ccccc1CNC(=O)Nc1cc2[nH]nc(O)c2cn1. The predicted molar refractivity (Wildman–Crippen MR) is 84.4 cm³/mol. The van der Waals surface area contributed by atoms with Crippen LogP contribution in [0.1, 0.15) is 5.56 Å². The third kappa shape index (κ3) is 3.15. The fraction of sp³-hybridized carbons (Fsp3) is 0.133. The lowest BCUT2D eigenvalue weighted by Crippen LogP contribution is -2.28. The molecular weight excluding hydrogens is 298 g/mol. The van der Waals surface area contributed by atoms with Gasteiger partial charge in [-0.05, 0) is 6.07 Å². The number of amides is 2. The Morgan fingerprint density at radius 3 is 3.04 bits per heavy atom. The first-order chi connectivity index (χ1) is 11.2. The largest absolute Gasteiger partial charge is 0.496 e. The Morgan fingerprint density at radius 1 is 1.39 bits per heavy atom. The molecule has 0 aliphatic carbocycles. The zero-order valence-corrected chi connectivity index (χ0v) is 12.3. The van der Waals surface area contributed by atoms with Crippen LogP contribution in [0.4, 0.5) is 10.6 Å². The third-order valence-electron chi connectivity index (χ3n) is 3.30. The van der Waals surface area contributed by atoms with Crippen LogP contribution < -0.4 is 15.4 Å². The molecule has 0 spiro atoms. The van der Waals surface area contributed by atoms with Crippen LogP contribution in [0.15, 0.2) is 36.5 Å². The lowest BCUT2D eigenvalue weighted by molar-refractivity contribution is 0.251. The summed E-state index contributed by atoms with van der Waals surface area (Å²) in [7, 11) is 1.58. The molecule has 0 fully saturated rings. The van der Waals surface area contributed by atoms with Crippen LogP contribution in [0, 0.1) is 0 Å². The number of pyridine rings is 1. The number of methoxy groups -OCH3 is 1. The maximum atomic E-state index is 11.9. The Labute approximate surface area is 131 Å². The van der Waals surface area contributed by atoms with E-state index in [1.807, 2.05) is 24.3 Å². The third-order valence-corrected chi connectivity index (χ3v) is 3.30. The second kappa shape index (κ2) is 6.22. The summed E-state index contributed by atoms with van der Waals surface area (Å²) < 4.78 is 5.23. The predicted octanol–water partition coefficient (Wildman–Crippen LogP) is 1.99. The molecule has 0 saturated heterocycles. The minimum atomic E-state index is -0.397. The Kier molecular flexibility index (Phi) is 3.96. The van der Waals surface area contributed by atoms with E-state index >= 15 is 0 Å². The molecular formula is C15H15N5O3. The minimum Gasteiger partial charge on any atom is -0.496 e. The quantitative estimate of drug-likeness (QED) is 0.588. The highest BCUT2D eigenvalue weighted by Gasteiger charge is 2.09. The van der Waals surface area contributed by atoms with Crippen molar-refractivity contribution in [3.63, 3.8) is 0 Å². The Hall–Kier alpha value is -3.29. The average molecular weight is 313 g/mol. The van der Waals surface area contributed by atoms with Crippen molar-refractivity contribution in [1.82, 2.24) is 20.5 Å². The molecule has 2 heterocycles. The normalized spacial score (nSPS) is 10.5. The van der Waals surface area contributed by atoms with Crippen molar-refractivity contribution in [1.29, 1.82) is 0 Å². The molecule has 0 bridgehead atoms. The van der Waals surface area contributed by atoms with Crippen molar-refractivity contribution in [2.75, 3.05) is 12.4 Å². The summed E-state index contributed by atoms with van der Waals surface area (Å²) in [6, 6.07) is 8.63. The molecule has 8 nitrogen and oxygen atoms in total. The van der Waals surface area contributed by atoms with E-state index in [4.69, 9.17) is 4.74 Å². The molecule has 0 saturated carbocycles. The van der Waals surface area contributed by atoms with E-state index in [2.05, 4.69) is 25.8 Å². The number of carbonyl (C=O) groups is 1. The molecule has 4 N–H and O–H groups in total. The van der Waals surface area contributed by atoms with Gasteiger partial charge in [-0.2, -0.15) is 0 Å².